The first kappa shape index (κ1) is 20.8. The Labute approximate surface area is 167 Å². The van der Waals surface area contributed by atoms with Gasteiger partial charge < -0.3 is 15.7 Å². The largest absolute Gasteiger partial charge is 0.379 e. The standard InChI is InChI=1S/C22H33N3O3/c1-16(2)18-6-4-17(5-7-18)14-25-11-3-10-22(28,21(25)27)15-24-12-8-19(9-13-24)20(23)26/h4-7,16,19,28H,3,8-15H2,1-2H3,(H2,23,26)/t22-/m1/s1. The van der Waals surface area contributed by atoms with Gasteiger partial charge in [0.15, 0.2) is 5.60 Å². The van der Waals surface area contributed by atoms with Crippen LogP contribution >= 0.6 is 0 Å². The number of hydrogen-bond donors (Lipinski definition) is 2. The zero-order chi connectivity index (χ0) is 20.3. The molecule has 2 amide bonds. The van der Waals surface area contributed by atoms with Gasteiger partial charge in [-0.05, 0) is 55.8 Å². The Kier molecular flexibility index (Phi) is 6.40. The lowest BCUT2D eigenvalue weighted by Gasteiger charge is -2.42. The topological polar surface area (TPSA) is 86.9 Å². The molecule has 154 valence electrons. The number of likely N-dealkylation sites (tertiary alicyclic amines) is 2. The lowest BCUT2D eigenvalue weighted by Crippen LogP contribution is -2.59. The van der Waals surface area contributed by atoms with Gasteiger partial charge in [-0.3, -0.25) is 14.5 Å². The summed E-state index contributed by atoms with van der Waals surface area (Å²) in [4.78, 5) is 28.3. The van der Waals surface area contributed by atoms with Crippen molar-refractivity contribution in [1.82, 2.24) is 9.80 Å². The van der Waals surface area contributed by atoms with Gasteiger partial charge in [-0.1, -0.05) is 38.1 Å². The minimum atomic E-state index is -1.34. The summed E-state index contributed by atoms with van der Waals surface area (Å²) in [6, 6.07) is 8.38. The molecular weight excluding hydrogens is 354 g/mol. The first-order valence-electron chi connectivity index (χ1n) is 10.4. The van der Waals surface area contributed by atoms with Crippen LogP contribution < -0.4 is 5.73 Å². The Bertz CT molecular complexity index is 695. The van der Waals surface area contributed by atoms with E-state index in [1.165, 1.54) is 5.56 Å². The highest BCUT2D eigenvalue weighted by Crippen LogP contribution is 2.27. The van der Waals surface area contributed by atoms with Crippen molar-refractivity contribution in [2.45, 2.75) is 57.6 Å². The van der Waals surface area contributed by atoms with Gasteiger partial charge in [0, 0.05) is 25.6 Å². The number of rotatable bonds is 6. The lowest BCUT2D eigenvalue weighted by molar-refractivity contribution is -0.160. The Morgan fingerprint density at radius 1 is 1.21 bits per heavy atom. The van der Waals surface area contributed by atoms with Crippen LogP contribution in [0.3, 0.4) is 0 Å². The van der Waals surface area contributed by atoms with Crippen LogP contribution in [-0.4, -0.2) is 58.5 Å². The zero-order valence-corrected chi connectivity index (χ0v) is 17.1. The molecule has 0 saturated carbocycles. The van der Waals surface area contributed by atoms with Crippen LogP contribution in [0.2, 0.25) is 0 Å². The van der Waals surface area contributed by atoms with E-state index < -0.39 is 5.60 Å². The van der Waals surface area contributed by atoms with Gasteiger partial charge in [0.2, 0.25) is 5.91 Å². The molecule has 0 aromatic heterocycles. The normalized spacial score (nSPS) is 24.7. The molecule has 2 saturated heterocycles. The Morgan fingerprint density at radius 2 is 1.86 bits per heavy atom. The van der Waals surface area contributed by atoms with Crippen LogP contribution in [0.15, 0.2) is 24.3 Å². The lowest BCUT2D eigenvalue weighted by atomic mass is 9.89. The van der Waals surface area contributed by atoms with Crippen molar-refractivity contribution >= 4 is 11.8 Å². The number of amides is 2. The molecule has 3 N–H and O–H groups in total. The molecule has 0 bridgehead atoms. The number of β-amino-alcohol motifs (C(OH)–C–C–N with tert-alkyl or cyclic N) is 1. The molecule has 1 atom stereocenters. The highest BCUT2D eigenvalue weighted by molar-refractivity contribution is 5.86. The fraction of sp³-hybridized carbons (Fsp3) is 0.636. The van der Waals surface area contributed by atoms with Crippen LogP contribution in [0.1, 0.15) is 56.6 Å². The maximum absolute atomic E-state index is 13.0. The van der Waals surface area contributed by atoms with Crippen LogP contribution in [0.4, 0.5) is 0 Å². The second-order valence-electron chi connectivity index (χ2n) is 8.71. The monoisotopic (exact) mass is 387 g/mol. The molecule has 1 aromatic rings. The fourth-order valence-corrected chi connectivity index (χ4v) is 4.34. The Morgan fingerprint density at radius 3 is 2.43 bits per heavy atom. The van der Waals surface area contributed by atoms with Gasteiger partial charge in [0.05, 0.1) is 0 Å². The molecule has 6 heteroatoms. The number of benzene rings is 1. The van der Waals surface area contributed by atoms with Gasteiger partial charge in [-0.25, -0.2) is 0 Å². The molecular formula is C22H33N3O3. The number of carbonyl (C=O) groups is 2. The molecule has 2 aliphatic rings. The minimum absolute atomic E-state index is 0.0849. The second-order valence-corrected chi connectivity index (χ2v) is 8.71. The molecule has 0 spiro atoms. The predicted molar refractivity (Wildman–Crippen MR) is 108 cm³/mol. The zero-order valence-electron chi connectivity index (χ0n) is 17.1. The van der Waals surface area contributed by atoms with Gasteiger partial charge in [0.25, 0.3) is 5.91 Å². The summed E-state index contributed by atoms with van der Waals surface area (Å²) in [6.07, 6.45) is 2.69. The van der Waals surface area contributed by atoms with Crippen molar-refractivity contribution in [3.8, 4) is 0 Å². The van der Waals surface area contributed by atoms with Crippen LogP contribution in [0, 0.1) is 5.92 Å². The maximum atomic E-state index is 13.0. The SMILES string of the molecule is CC(C)c1ccc(CN2CCC[C@@](O)(CN3CCC(C(N)=O)CC3)C2=O)cc1. The van der Waals surface area contributed by atoms with Gasteiger partial charge >= 0.3 is 0 Å². The van der Waals surface area contributed by atoms with Crippen molar-refractivity contribution in [2.24, 2.45) is 11.7 Å². The number of aliphatic hydroxyl groups is 1. The third kappa shape index (κ3) is 4.73. The van der Waals surface area contributed by atoms with Crippen molar-refractivity contribution in [2.75, 3.05) is 26.2 Å². The molecule has 0 aliphatic carbocycles. The molecule has 2 aliphatic heterocycles. The Hall–Kier alpha value is -1.92. The summed E-state index contributed by atoms with van der Waals surface area (Å²) in [5.41, 5.74) is 6.43. The minimum Gasteiger partial charge on any atom is -0.379 e. The molecule has 0 unspecified atom stereocenters. The quantitative estimate of drug-likeness (QED) is 0.780. The van der Waals surface area contributed by atoms with E-state index in [1.807, 2.05) is 0 Å². The third-order valence-electron chi connectivity index (χ3n) is 6.20. The maximum Gasteiger partial charge on any atom is 0.256 e. The number of nitrogens with zero attached hydrogens (tertiary/aromatic N) is 2. The molecule has 2 heterocycles. The molecule has 0 radical (unpaired) electrons. The average molecular weight is 388 g/mol. The summed E-state index contributed by atoms with van der Waals surface area (Å²) in [7, 11) is 0. The van der Waals surface area contributed by atoms with E-state index in [0.29, 0.717) is 57.9 Å². The molecule has 1 aromatic carbocycles. The first-order chi connectivity index (χ1) is 13.3. The second kappa shape index (κ2) is 8.62. The summed E-state index contributed by atoms with van der Waals surface area (Å²) in [5.74, 6) is -0.0294. The number of nitrogens with two attached hydrogens (primary N) is 1. The van der Waals surface area contributed by atoms with Gasteiger partial charge in [0.1, 0.15) is 0 Å². The average Bonchev–Trinajstić information content (AvgIpc) is 2.66. The van der Waals surface area contributed by atoms with E-state index >= 15 is 0 Å². The van der Waals surface area contributed by atoms with Crippen LogP contribution in [0.25, 0.3) is 0 Å². The molecule has 28 heavy (non-hydrogen) atoms. The Balaban J connectivity index is 1.60. The van der Waals surface area contributed by atoms with E-state index in [-0.39, 0.29) is 17.7 Å². The smallest absolute Gasteiger partial charge is 0.256 e. The molecule has 2 fully saturated rings. The number of carbonyl (C=O) groups excluding carboxylic acids is 2. The van der Waals surface area contributed by atoms with Crippen molar-refractivity contribution < 1.29 is 14.7 Å². The highest BCUT2D eigenvalue weighted by atomic mass is 16.3. The van der Waals surface area contributed by atoms with Gasteiger partial charge in [-0.2, -0.15) is 0 Å². The van der Waals surface area contributed by atoms with Crippen LogP contribution in [-0.2, 0) is 16.1 Å². The van der Waals surface area contributed by atoms with Crippen LogP contribution in [0.5, 0.6) is 0 Å². The van der Waals surface area contributed by atoms with Crippen molar-refractivity contribution in [3.63, 3.8) is 0 Å². The van der Waals surface area contributed by atoms with E-state index in [9.17, 15) is 14.7 Å². The third-order valence-corrected chi connectivity index (χ3v) is 6.20. The molecule has 3 rings (SSSR count). The number of hydrogen-bond acceptors (Lipinski definition) is 4. The number of piperidine rings is 2. The van der Waals surface area contributed by atoms with E-state index in [4.69, 9.17) is 5.73 Å². The fourth-order valence-electron chi connectivity index (χ4n) is 4.34. The van der Waals surface area contributed by atoms with Crippen molar-refractivity contribution in [3.05, 3.63) is 35.4 Å². The van der Waals surface area contributed by atoms with E-state index in [0.717, 1.165) is 12.0 Å². The first-order valence-corrected chi connectivity index (χ1v) is 10.4. The predicted octanol–water partition coefficient (Wildman–Crippen LogP) is 1.86. The molecule has 6 nitrogen and oxygen atoms in total. The summed E-state index contributed by atoms with van der Waals surface area (Å²) in [5, 5.41) is 11.1. The highest BCUT2D eigenvalue weighted by Gasteiger charge is 2.43. The summed E-state index contributed by atoms with van der Waals surface area (Å²) < 4.78 is 0. The van der Waals surface area contributed by atoms with E-state index in [1.54, 1.807) is 4.90 Å². The van der Waals surface area contributed by atoms with Crippen molar-refractivity contribution in [1.29, 1.82) is 0 Å². The summed E-state index contributed by atoms with van der Waals surface area (Å²) in [6.45, 7) is 7.25. The number of primary amides is 1. The van der Waals surface area contributed by atoms with Gasteiger partial charge in [-0.15, -0.1) is 0 Å². The van der Waals surface area contributed by atoms with E-state index in [2.05, 4.69) is 43.0 Å². The summed E-state index contributed by atoms with van der Waals surface area (Å²) >= 11 is 0.